The summed E-state index contributed by atoms with van der Waals surface area (Å²) in [6, 6.07) is 7.01. The Morgan fingerprint density at radius 3 is 2.77 bits per heavy atom. The Bertz CT molecular complexity index is 1150. The van der Waals surface area contributed by atoms with Crippen molar-refractivity contribution in [2.45, 2.75) is 67.7 Å². The van der Waals surface area contributed by atoms with E-state index in [-0.39, 0.29) is 48.6 Å². The van der Waals surface area contributed by atoms with Gasteiger partial charge in [0.05, 0.1) is 22.6 Å². The molecule has 3 heterocycles. The summed E-state index contributed by atoms with van der Waals surface area (Å²) >= 11 is 0. The molecule has 7 rings (SSSR count). The zero-order valence-corrected chi connectivity index (χ0v) is 21.0. The summed E-state index contributed by atoms with van der Waals surface area (Å²) in [6.45, 7) is 1.96. The molecule has 2 aliphatic heterocycles. The van der Waals surface area contributed by atoms with Crippen molar-refractivity contribution in [2.75, 3.05) is 13.1 Å². The van der Waals surface area contributed by atoms with Gasteiger partial charge in [-0.1, -0.05) is 6.07 Å². The summed E-state index contributed by atoms with van der Waals surface area (Å²) in [7, 11) is 0. The first-order valence-corrected chi connectivity index (χ1v) is 12.2. The molecule has 3 N–H and O–H groups in total. The average molecular weight is 520 g/mol. The van der Waals surface area contributed by atoms with E-state index >= 15 is 0 Å². The third-order valence-corrected chi connectivity index (χ3v) is 9.00. The van der Waals surface area contributed by atoms with E-state index in [9.17, 15) is 15.0 Å². The number of ether oxygens (including phenoxy) is 1. The minimum absolute atomic E-state index is 0. The molecular weight excluding hydrogens is 489 g/mol. The Labute approximate surface area is 217 Å². The van der Waals surface area contributed by atoms with Gasteiger partial charge in [-0.25, -0.2) is 0 Å². The third kappa shape index (κ3) is 3.31. The molecule has 1 aromatic heterocycles. The van der Waals surface area contributed by atoms with E-state index in [1.54, 1.807) is 30.6 Å². The Hall–Kier alpha value is -2.06. The van der Waals surface area contributed by atoms with Gasteiger partial charge in [0.15, 0.2) is 11.5 Å². The second-order valence-corrected chi connectivity index (χ2v) is 10.7. The maximum atomic E-state index is 13.0. The van der Waals surface area contributed by atoms with Crippen LogP contribution in [0, 0.1) is 5.92 Å². The van der Waals surface area contributed by atoms with Gasteiger partial charge in [0.25, 0.3) is 5.91 Å². The summed E-state index contributed by atoms with van der Waals surface area (Å²) in [4.78, 5) is 19.6. The van der Waals surface area contributed by atoms with Crippen LogP contribution in [0.3, 0.4) is 0 Å². The normalized spacial score (nSPS) is 34.0. The molecule has 0 unspecified atom stereocenters. The number of aromatic hydroxyl groups is 1. The van der Waals surface area contributed by atoms with Crippen molar-refractivity contribution in [2.24, 2.45) is 5.92 Å². The van der Waals surface area contributed by atoms with Crippen LogP contribution < -0.4 is 10.1 Å². The molecule has 1 aromatic carbocycles. The molecule has 3 aliphatic carbocycles. The second-order valence-electron chi connectivity index (χ2n) is 10.7. The number of aliphatic hydroxyl groups is 1. The van der Waals surface area contributed by atoms with Gasteiger partial charge in [-0.2, -0.15) is 0 Å². The SMILES string of the molecule is Cl.Cl.O=C(N[C@@H]1CC[C@@]2(O)[C@H]3Cc4ccc(O)c5c4[C@@]2(CCN3CC2CC2)[C@H]1O5)c1cccnc1. The molecule has 5 aliphatic rings. The molecule has 3 fully saturated rings. The second kappa shape index (κ2) is 8.51. The van der Waals surface area contributed by atoms with E-state index in [2.05, 4.69) is 15.2 Å². The zero-order chi connectivity index (χ0) is 22.4. The number of benzene rings is 1. The Balaban J connectivity index is 0.00000127. The lowest BCUT2D eigenvalue weighted by Crippen LogP contribution is -2.78. The summed E-state index contributed by atoms with van der Waals surface area (Å²) in [6.07, 6.45) is 8.15. The predicted octanol–water partition coefficient (Wildman–Crippen LogP) is 2.99. The lowest BCUT2D eigenvalue weighted by molar-refractivity contribution is -0.191. The fourth-order valence-electron chi connectivity index (χ4n) is 7.38. The van der Waals surface area contributed by atoms with Crippen LogP contribution in [0.1, 0.15) is 53.6 Å². The average Bonchev–Trinajstić information content (AvgIpc) is 3.56. The van der Waals surface area contributed by atoms with Crippen LogP contribution in [0.15, 0.2) is 36.7 Å². The molecule has 35 heavy (non-hydrogen) atoms. The van der Waals surface area contributed by atoms with Crippen LogP contribution in [0.5, 0.6) is 11.5 Å². The number of nitrogens with zero attached hydrogens (tertiary/aromatic N) is 2. The Morgan fingerprint density at radius 1 is 1.20 bits per heavy atom. The highest BCUT2D eigenvalue weighted by atomic mass is 35.5. The fraction of sp³-hybridized carbons (Fsp3) is 0.538. The van der Waals surface area contributed by atoms with Gasteiger partial charge < -0.3 is 20.3 Å². The highest BCUT2D eigenvalue weighted by molar-refractivity contribution is 5.94. The third-order valence-electron chi connectivity index (χ3n) is 9.00. The maximum absolute atomic E-state index is 13.0. The van der Waals surface area contributed by atoms with Gasteiger partial charge in [0.1, 0.15) is 6.10 Å². The van der Waals surface area contributed by atoms with Crippen LogP contribution in [0.25, 0.3) is 0 Å². The van der Waals surface area contributed by atoms with Crippen LogP contribution >= 0.6 is 24.8 Å². The molecular formula is C26H31Cl2N3O4. The number of hydrogen-bond acceptors (Lipinski definition) is 6. The van der Waals surface area contributed by atoms with Crippen molar-refractivity contribution in [3.05, 3.63) is 53.3 Å². The number of piperidine rings is 1. The number of amides is 1. The molecule has 5 atom stereocenters. The number of nitrogens with one attached hydrogen (secondary N) is 1. The summed E-state index contributed by atoms with van der Waals surface area (Å²) in [5, 5.41) is 26.3. The summed E-state index contributed by atoms with van der Waals surface area (Å²) < 4.78 is 6.49. The first-order valence-electron chi connectivity index (χ1n) is 12.2. The minimum atomic E-state index is -0.938. The number of carbonyl (C=O) groups excluding carboxylic acids is 1. The summed E-state index contributed by atoms with van der Waals surface area (Å²) in [5.74, 6) is 1.20. The van der Waals surface area contributed by atoms with Crippen molar-refractivity contribution in [3.63, 3.8) is 0 Å². The molecule has 9 heteroatoms. The van der Waals surface area contributed by atoms with E-state index in [0.29, 0.717) is 24.2 Å². The van der Waals surface area contributed by atoms with Crippen molar-refractivity contribution in [1.29, 1.82) is 0 Å². The van der Waals surface area contributed by atoms with Gasteiger partial charge >= 0.3 is 0 Å². The number of rotatable bonds is 4. The Morgan fingerprint density at radius 2 is 2.03 bits per heavy atom. The van der Waals surface area contributed by atoms with E-state index in [1.807, 2.05) is 6.07 Å². The van der Waals surface area contributed by atoms with Crippen molar-refractivity contribution in [1.82, 2.24) is 15.2 Å². The van der Waals surface area contributed by atoms with Gasteiger partial charge in [-0.15, -0.1) is 24.8 Å². The molecule has 2 bridgehead atoms. The number of phenols is 1. The fourth-order valence-corrected chi connectivity index (χ4v) is 7.38. The maximum Gasteiger partial charge on any atom is 0.253 e. The molecule has 2 aromatic rings. The predicted molar refractivity (Wildman–Crippen MR) is 135 cm³/mol. The van der Waals surface area contributed by atoms with Gasteiger partial charge in [0, 0.05) is 30.5 Å². The van der Waals surface area contributed by atoms with Gasteiger partial charge in [-0.3, -0.25) is 14.7 Å². The number of likely N-dealkylation sites (tertiary alicyclic amines) is 1. The largest absolute Gasteiger partial charge is 0.504 e. The highest BCUT2D eigenvalue weighted by Gasteiger charge is 2.73. The molecule has 1 spiro atoms. The minimum Gasteiger partial charge on any atom is -0.504 e. The molecule has 1 saturated heterocycles. The van der Waals surface area contributed by atoms with Crippen LogP contribution in [-0.2, 0) is 11.8 Å². The van der Waals surface area contributed by atoms with Crippen molar-refractivity contribution >= 4 is 30.7 Å². The number of halogens is 2. The van der Waals surface area contributed by atoms with E-state index in [1.165, 1.54) is 18.4 Å². The number of phenolic OH excluding ortho intramolecular Hbond substituents is 1. The molecule has 1 amide bonds. The highest BCUT2D eigenvalue weighted by Crippen LogP contribution is 2.65. The van der Waals surface area contributed by atoms with Crippen LogP contribution in [0.4, 0.5) is 0 Å². The number of pyridine rings is 1. The number of hydrogen-bond donors (Lipinski definition) is 3. The lowest BCUT2D eigenvalue weighted by Gasteiger charge is -2.64. The monoisotopic (exact) mass is 519 g/mol. The number of aromatic nitrogens is 1. The molecule has 2 saturated carbocycles. The quantitative estimate of drug-likeness (QED) is 0.574. The first kappa shape index (κ1) is 24.6. The van der Waals surface area contributed by atoms with E-state index in [0.717, 1.165) is 37.4 Å². The molecule has 0 radical (unpaired) electrons. The van der Waals surface area contributed by atoms with Crippen molar-refractivity contribution in [3.8, 4) is 11.5 Å². The topological polar surface area (TPSA) is 94.9 Å². The van der Waals surface area contributed by atoms with Gasteiger partial charge in [0.2, 0.25) is 0 Å². The lowest BCUT2D eigenvalue weighted by atomic mass is 9.48. The van der Waals surface area contributed by atoms with Crippen LogP contribution in [-0.4, -0.2) is 62.9 Å². The Kier molecular flexibility index (Phi) is 5.99. The molecule has 7 nitrogen and oxygen atoms in total. The first-order chi connectivity index (χ1) is 16.0. The summed E-state index contributed by atoms with van der Waals surface area (Å²) in [5.41, 5.74) is 1.10. The van der Waals surface area contributed by atoms with Crippen molar-refractivity contribution < 1.29 is 19.7 Å². The van der Waals surface area contributed by atoms with E-state index < -0.39 is 17.1 Å². The van der Waals surface area contributed by atoms with E-state index in [4.69, 9.17) is 4.74 Å². The standard InChI is InChI=1S/C26H29N3O4.2ClH/c30-19-6-5-16-12-20-26(32)8-7-18(28-24(31)17-2-1-10-27-13-17)23-25(26,21(16)22(19)33-23)9-11-29(20)14-15-3-4-15;;/h1-2,5-6,10,13,15,18,20,23,30,32H,3-4,7-9,11-12,14H2,(H,28,31);2*1H/t18-,20-,23+,25+,26-;;/m1../s1. The zero-order valence-electron chi connectivity index (χ0n) is 19.4. The number of carbonyl (C=O) groups is 1. The smallest absolute Gasteiger partial charge is 0.253 e. The van der Waals surface area contributed by atoms with Crippen LogP contribution in [0.2, 0.25) is 0 Å². The van der Waals surface area contributed by atoms with Gasteiger partial charge in [-0.05, 0) is 74.8 Å². The molecule has 188 valence electrons.